The van der Waals surface area contributed by atoms with Crippen molar-refractivity contribution < 1.29 is 4.74 Å². The average Bonchev–Trinajstić information content (AvgIpc) is 2.77. The van der Waals surface area contributed by atoms with Gasteiger partial charge in [-0.15, -0.1) is 11.3 Å². The molecule has 0 aliphatic rings. The van der Waals surface area contributed by atoms with E-state index in [9.17, 15) is 0 Å². The molecule has 0 fully saturated rings. The van der Waals surface area contributed by atoms with Gasteiger partial charge >= 0.3 is 0 Å². The zero-order valence-electron chi connectivity index (χ0n) is 10.8. The van der Waals surface area contributed by atoms with Crippen molar-refractivity contribution in [1.29, 1.82) is 0 Å². The van der Waals surface area contributed by atoms with E-state index in [0.29, 0.717) is 12.3 Å². The highest BCUT2D eigenvalue weighted by Crippen LogP contribution is 2.22. The number of rotatable bonds is 6. The SMILES string of the molecule is CN(CCOc1ccccc1N)Cc1ccc(Cl)s1. The Kier molecular flexibility index (Phi) is 5.07. The highest BCUT2D eigenvalue weighted by atomic mass is 35.5. The van der Waals surface area contributed by atoms with Crippen LogP contribution in [0.4, 0.5) is 5.69 Å². The van der Waals surface area contributed by atoms with Crippen LogP contribution in [0.1, 0.15) is 4.88 Å². The Hall–Kier alpha value is -1.23. The smallest absolute Gasteiger partial charge is 0.142 e. The van der Waals surface area contributed by atoms with Crippen LogP contribution in [0.5, 0.6) is 5.75 Å². The Morgan fingerprint density at radius 2 is 2.05 bits per heavy atom. The van der Waals surface area contributed by atoms with Crippen molar-refractivity contribution in [3.8, 4) is 5.75 Å². The van der Waals surface area contributed by atoms with E-state index < -0.39 is 0 Å². The topological polar surface area (TPSA) is 38.5 Å². The largest absolute Gasteiger partial charge is 0.490 e. The zero-order valence-corrected chi connectivity index (χ0v) is 12.4. The van der Waals surface area contributed by atoms with Gasteiger partial charge < -0.3 is 10.5 Å². The molecule has 0 spiro atoms. The molecule has 0 aliphatic carbocycles. The van der Waals surface area contributed by atoms with E-state index in [1.54, 1.807) is 11.3 Å². The normalized spacial score (nSPS) is 10.9. The molecule has 0 amide bonds. The van der Waals surface area contributed by atoms with Gasteiger partial charge in [-0.1, -0.05) is 23.7 Å². The lowest BCUT2D eigenvalue weighted by Crippen LogP contribution is -2.23. The van der Waals surface area contributed by atoms with Gasteiger partial charge in [0.15, 0.2) is 0 Å². The van der Waals surface area contributed by atoms with Gasteiger partial charge in [0.05, 0.1) is 10.0 Å². The first-order chi connectivity index (χ1) is 9.15. The van der Waals surface area contributed by atoms with E-state index in [1.165, 1.54) is 4.88 Å². The number of nitrogen functional groups attached to an aromatic ring is 1. The number of ether oxygens (including phenoxy) is 1. The molecule has 1 aromatic heterocycles. The van der Waals surface area contributed by atoms with Crippen molar-refractivity contribution in [3.05, 3.63) is 45.6 Å². The fourth-order valence-electron chi connectivity index (χ4n) is 1.71. The molecule has 102 valence electrons. The second kappa shape index (κ2) is 6.80. The summed E-state index contributed by atoms with van der Waals surface area (Å²) in [5, 5.41) is 0. The summed E-state index contributed by atoms with van der Waals surface area (Å²) < 4.78 is 6.49. The molecular weight excluding hydrogens is 280 g/mol. The molecule has 0 saturated heterocycles. The molecule has 0 atom stereocenters. The maximum atomic E-state index is 5.91. The van der Waals surface area contributed by atoms with Crippen LogP contribution in [0, 0.1) is 0 Å². The van der Waals surface area contributed by atoms with E-state index in [2.05, 4.69) is 18.0 Å². The molecule has 0 aliphatic heterocycles. The Labute approximate surface area is 122 Å². The van der Waals surface area contributed by atoms with Gasteiger partial charge in [0.2, 0.25) is 0 Å². The van der Waals surface area contributed by atoms with Crippen molar-refractivity contribution in [2.45, 2.75) is 6.54 Å². The molecular formula is C14H17ClN2OS. The number of nitrogens with two attached hydrogens (primary N) is 1. The van der Waals surface area contributed by atoms with Crippen LogP contribution in [-0.4, -0.2) is 25.1 Å². The third kappa shape index (κ3) is 4.42. The number of para-hydroxylation sites is 2. The fraction of sp³-hybridized carbons (Fsp3) is 0.286. The molecule has 0 bridgehead atoms. The van der Waals surface area contributed by atoms with Crippen molar-refractivity contribution in [1.82, 2.24) is 4.90 Å². The zero-order chi connectivity index (χ0) is 13.7. The first-order valence-corrected chi connectivity index (χ1v) is 7.24. The minimum Gasteiger partial charge on any atom is -0.490 e. The summed E-state index contributed by atoms with van der Waals surface area (Å²) in [4.78, 5) is 3.45. The molecule has 0 radical (unpaired) electrons. The second-order valence-electron chi connectivity index (χ2n) is 4.33. The average molecular weight is 297 g/mol. The highest BCUT2D eigenvalue weighted by molar-refractivity contribution is 7.16. The quantitative estimate of drug-likeness (QED) is 0.829. The summed E-state index contributed by atoms with van der Waals surface area (Å²) >= 11 is 7.52. The molecule has 1 aromatic carbocycles. The molecule has 19 heavy (non-hydrogen) atoms. The minimum atomic E-state index is 0.615. The summed E-state index contributed by atoms with van der Waals surface area (Å²) in [6.45, 7) is 2.33. The van der Waals surface area contributed by atoms with E-state index in [-0.39, 0.29) is 0 Å². The van der Waals surface area contributed by atoms with Crippen LogP contribution in [-0.2, 0) is 6.54 Å². The van der Waals surface area contributed by atoms with Crippen LogP contribution in [0.2, 0.25) is 4.34 Å². The Balaban J connectivity index is 1.75. The molecule has 5 heteroatoms. The Bertz CT molecular complexity index is 530. The van der Waals surface area contributed by atoms with Gasteiger partial charge in [-0.25, -0.2) is 0 Å². The number of hydrogen-bond acceptors (Lipinski definition) is 4. The van der Waals surface area contributed by atoms with Crippen molar-refractivity contribution >= 4 is 28.6 Å². The summed E-state index contributed by atoms with van der Waals surface area (Å²) in [7, 11) is 2.06. The summed E-state index contributed by atoms with van der Waals surface area (Å²) in [5.41, 5.74) is 6.49. The van der Waals surface area contributed by atoms with Crippen LogP contribution in [0.25, 0.3) is 0 Å². The molecule has 3 nitrogen and oxygen atoms in total. The minimum absolute atomic E-state index is 0.615. The number of anilines is 1. The summed E-state index contributed by atoms with van der Waals surface area (Å²) in [6.07, 6.45) is 0. The van der Waals surface area contributed by atoms with E-state index in [0.717, 1.165) is 23.2 Å². The van der Waals surface area contributed by atoms with E-state index in [1.807, 2.05) is 30.3 Å². The van der Waals surface area contributed by atoms with Gasteiger partial charge in [0, 0.05) is 18.0 Å². The first kappa shape index (κ1) is 14.2. The molecule has 2 aromatic rings. The number of halogens is 1. The van der Waals surface area contributed by atoms with E-state index >= 15 is 0 Å². The van der Waals surface area contributed by atoms with Crippen molar-refractivity contribution in [3.63, 3.8) is 0 Å². The van der Waals surface area contributed by atoms with E-state index in [4.69, 9.17) is 22.1 Å². The van der Waals surface area contributed by atoms with Gasteiger partial charge in [-0.2, -0.15) is 0 Å². The van der Waals surface area contributed by atoms with Crippen LogP contribution < -0.4 is 10.5 Å². The van der Waals surface area contributed by atoms with Crippen LogP contribution in [0.3, 0.4) is 0 Å². The van der Waals surface area contributed by atoms with Crippen molar-refractivity contribution in [2.24, 2.45) is 0 Å². The highest BCUT2D eigenvalue weighted by Gasteiger charge is 2.04. The maximum absolute atomic E-state index is 5.91. The monoisotopic (exact) mass is 296 g/mol. The Morgan fingerprint density at radius 3 is 2.74 bits per heavy atom. The second-order valence-corrected chi connectivity index (χ2v) is 6.13. The lowest BCUT2D eigenvalue weighted by molar-refractivity contribution is 0.235. The number of benzene rings is 1. The molecule has 0 unspecified atom stereocenters. The maximum Gasteiger partial charge on any atom is 0.142 e. The number of hydrogen-bond donors (Lipinski definition) is 1. The third-order valence-corrected chi connectivity index (χ3v) is 3.92. The number of likely N-dealkylation sites (N-methyl/N-ethyl adjacent to an activating group) is 1. The third-order valence-electron chi connectivity index (χ3n) is 2.70. The molecule has 2 rings (SSSR count). The number of thiophene rings is 1. The predicted molar refractivity (Wildman–Crippen MR) is 82.0 cm³/mol. The molecule has 0 saturated carbocycles. The molecule has 2 N–H and O–H groups in total. The summed E-state index contributed by atoms with van der Waals surface area (Å²) in [6, 6.07) is 11.5. The van der Waals surface area contributed by atoms with Crippen molar-refractivity contribution in [2.75, 3.05) is 25.9 Å². The lowest BCUT2D eigenvalue weighted by atomic mass is 10.3. The Morgan fingerprint density at radius 1 is 1.26 bits per heavy atom. The standard InChI is InChI=1S/C14H17ClN2OS/c1-17(10-11-6-7-14(15)19-11)8-9-18-13-5-3-2-4-12(13)16/h2-7H,8-10,16H2,1H3. The lowest BCUT2D eigenvalue weighted by Gasteiger charge is -2.16. The van der Waals surface area contributed by atoms with Gasteiger partial charge in [-0.05, 0) is 31.3 Å². The van der Waals surface area contributed by atoms with Crippen LogP contribution in [0.15, 0.2) is 36.4 Å². The van der Waals surface area contributed by atoms with Gasteiger partial charge in [0.1, 0.15) is 12.4 Å². The van der Waals surface area contributed by atoms with Gasteiger partial charge in [-0.3, -0.25) is 4.90 Å². The van der Waals surface area contributed by atoms with Crippen LogP contribution >= 0.6 is 22.9 Å². The predicted octanol–water partition coefficient (Wildman–Crippen LogP) is 3.49. The summed E-state index contributed by atoms with van der Waals surface area (Å²) in [5.74, 6) is 0.745. The van der Waals surface area contributed by atoms with Gasteiger partial charge in [0.25, 0.3) is 0 Å². The molecule has 1 heterocycles. The fourth-order valence-corrected chi connectivity index (χ4v) is 2.87. The number of nitrogens with zero attached hydrogens (tertiary/aromatic N) is 1. The first-order valence-electron chi connectivity index (χ1n) is 6.05.